The van der Waals surface area contributed by atoms with E-state index in [1.54, 1.807) is 12.1 Å². The number of carbonyl (C=O) groups excluding carboxylic acids is 2. The summed E-state index contributed by atoms with van der Waals surface area (Å²) < 4.78 is 5.69. The summed E-state index contributed by atoms with van der Waals surface area (Å²) >= 11 is 5.89. The average Bonchev–Trinajstić information content (AvgIpc) is 2.75. The SMILES string of the molecule is Cc1ccc(OCCN2C(=O)C(=O)c3cc(Cl)ccc32)cc1C. The molecule has 0 aliphatic carbocycles. The van der Waals surface area contributed by atoms with Gasteiger partial charge in [0.05, 0.1) is 17.8 Å². The molecule has 0 aromatic heterocycles. The highest BCUT2D eigenvalue weighted by Gasteiger charge is 2.35. The molecule has 0 unspecified atom stereocenters. The molecule has 4 nitrogen and oxygen atoms in total. The molecule has 2 aromatic rings. The molecule has 2 aromatic carbocycles. The number of rotatable bonds is 4. The van der Waals surface area contributed by atoms with Crippen LogP contribution in [0.5, 0.6) is 5.75 Å². The standard InChI is InChI=1S/C18H16ClNO3/c1-11-3-5-14(9-12(11)2)23-8-7-20-16-6-4-13(19)10-15(16)17(21)18(20)22/h3-6,9-10H,7-8H2,1-2H3. The molecular formula is C18H16ClNO3. The fraction of sp³-hybridized carbons (Fsp3) is 0.222. The van der Waals surface area contributed by atoms with Crippen LogP contribution in [0.2, 0.25) is 5.02 Å². The van der Waals surface area contributed by atoms with Crippen molar-refractivity contribution < 1.29 is 14.3 Å². The van der Waals surface area contributed by atoms with E-state index in [1.807, 2.05) is 32.0 Å². The van der Waals surface area contributed by atoms with E-state index in [0.29, 0.717) is 29.4 Å². The Labute approximate surface area is 139 Å². The van der Waals surface area contributed by atoms with Crippen molar-refractivity contribution >= 4 is 29.0 Å². The van der Waals surface area contributed by atoms with Crippen molar-refractivity contribution in [2.24, 2.45) is 0 Å². The first kappa shape index (κ1) is 15.6. The van der Waals surface area contributed by atoms with Crippen LogP contribution in [0.3, 0.4) is 0 Å². The summed E-state index contributed by atoms with van der Waals surface area (Å²) in [7, 11) is 0. The lowest BCUT2D eigenvalue weighted by molar-refractivity contribution is -0.114. The van der Waals surface area contributed by atoms with Gasteiger partial charge in [-0.1, -0.05) is 17.7 Å². The molecule has 3 rings (SSSR count). The summed E-state index contributed by atoms with van der Waals surface area (Å²) in [5.74, 6) is -0.304. The Morgan fingerprint density at radius 2 is 1.83 bits per heavy atom. The number of hydrogen-bond donors (Lipinski definition) is 0. The van der Waals surface area contributed by atoms with Crippen LogP contribution in [0.15, 0.2) is 36.4 Å². The fourth-order valence-corrected chi connectivity index (χ4v) is 2.73. The molecule has 0 saturated carbocycles. The summed E-state index contributed by atoms with van der Waals surface area (Å²) in [6.07, 6.45) is 0. The first-order chi connectivity index (χ1) is 11.0. The summed E-state index contributed by atoms with van der Waals surface area (Å²) in [4.78, 5) is 25.5. The van der Waals surface area contributed by atoms with E-state index in [0.717, 1.165) is 11.3 Å². The smallest absolute Gasteiger partial charge is 0.299 e. The minimum atomic E-state index is -0.536. The number of ether oxygens (including phenoxy) is 1. The van der Waals surface area contributed by atoms with E-state index >= 15 is 0 Å². The zero-order valence-electron chi connectivity index (χ0n) is 12.9. The number of Topliss-reactive ketones (excluding diaryl/α,β-unsaturated/α-hetero) is 1. The minimum absolute atomic E-state index is 0.309. The van der Waals surface area contributed by atoms with E-state index in [4.69, 9.17) is 16.3 Å². The predicted molar refractivity (Wildman–Crippen MR) is 89.5 cm³/mol. The van der Waals surface area contributed by atoms with Crippen molar-refractivity contribution in [3.8, 4) is 5.75 Å². The van der Waals surface area contributed by atoms with Crippen LogP contribution in [0, 0.1) is 13.8 Å². The van der Waals surface area contributed by atoms with Crippen molar-refractivity contribution in [2.75, 3.05) is 18.1 Å². The van der Waals surface area contributed by atoms with Crippen LogP contribution in [-0.2, 0) is 4.79 Å². The Morgan fingerprint density at radius 3 is 2.57 bits per heavy atom. The first-order valence-corrected chi connectivity index (χ1v) is 7.71. The first-order valence-electron chi connectivity index (χ1n) is 7.33. The molecular weight excluding hydrogens is 314 g/mol. The summed E-state index contributed by atoms with van der Waals surface area (Å²) in [6, 6.07) is 10.7. The zero-order chi connectivity index (χ0) is 16.6. The molecule has 0 radical (unpaired) electrons. The number of aryl methyl sites for hydroxylation is 2. The van der Waals surface area contributed by atoms with Crippen LogP contribution in [0.4, 0.5) is 5.69 Å². The molecule has 0 N–H and O–H groups in total. The van der Waals surface area contributed by atoms with Crippen LogP contribution >= 0.6 is 11.6 Å². The van der Waals surface area contributed by atoms with Crippen molar-refractivity contribution in [3.63, 3.8) is 0 Å². The molecule has 0 spiro atoms. The topological polar surface area (TPSA) is 46.6 Å². The molecule has 1 heterocycles. The summed E-state index contributed by atoms with van der Waals surface area (Å²) in [5.41, 5.74) is 3.29. The molecule has 0 saturated heterocycles. The number of carbonyl (C=O) groups is 2. The van der Waals surface area contributed by atoms with Gasteiger partial charge in [-0.25, -0.2) is 0 Å². The zero-order valence-corrected chi connectivity index (χ0v) is 13.7. The number of anilines is 1. The Kier molecular flexibility index (Phi) is 4.09. The van der Waals surface area contributed by atoms with E-state index in [9.17, 15) is 9.59 Å². The summed E-state index contributed by atoms with van der Waals surface area (Å²) in [6.45, 7) is 4.68. The Hall–Kier alpha value is -2.33. The number of nitrogens with zero attached hydrogens (tertiary/aromatic N) is 1. The van der Waals surface area contributed by atoms with Crippen molar-refractivity contribution in [1.29, 1.82) is 0 Å². The molecule has 1 aliphatic rings. The molecule has 1 amide bonds. The van der Waals surface area contributed by atoms with Crippen molar-refractivity contribution in [1.82, 2.24) is 0 Å². The number of hydrogen-bond acceptors (Lipinski definition) is 3. The Balaban J connectivity index is 1.70. The third-order valence-electron chi connectivity index (χ3n) is 4.00. The second kappa shape index (κ2) is 6.05. The fourth-order valence-electron chi connectivity index (χ4n) is 2.55. The monoisotopic (exact) mass is 329 g/mol. The summed E-state index contributed by atoms with van der Waals surface area (Å²) in [5, 5.41) is 0.443. The molecule has 0 atom stereocenters. The molecule has 0 fully saturated rings. The van der Waals surface area contributed by atoms with Gasteiger partial charge in [0, 0.05) is 5.02 Å². The molecule has 5 heteroatoms. The third kappa shape index (κ3) is 2.94. The maximum absolute atomic E-state index is 12.1. The normalized spacial score (nSPS) is 13.4. The van der Waals surface area contributed by atoms with Gasteiger partial charge in [0.15, 0.2) is 0 Å². The molecule has 0 bridgehead atoms. The van der Waals surface area contributed by atoms with Gasteiger partial charge in [0.2, 0.25) is 0 Å². The van der Waals surface area contributed by atoms with Crippen LogP contribution in [0.1, 0.15) is 21.5 Å². The molecule has 118 valence electrons. The van der Waals surface area contributed by atoms with Gasteiger partial charge in [-0.3, -0.25) is 9.59 Å². The van der Waals surface area contributed by atoms with E-state index < -0.39 is 11.7 Å². The lowest BCUT2D eigenvalue weighted by atomic mass is 10.1. The van der Waals surface area contributed by atoms with Crippen LogP contribution in [-0.4, -0.2) is 24.8 Å². The van der Waals surface area contributed by atoms with Gasteiger partial charge in [0.1, 0.15) is 12.4 Å². The van der Waals surface area contributed by atoms with Crippen LogP contribution in [0.25, 0.3) is 0 Å². The highest BCUT2D eigenvalue weighted by molar-refractivity contribution is 6.52. The van der Waals surface area contributed by atoms with Crippen molar-refractivity contribution in [3.05, 3.63) is 58.1 Å². The van der Waals surface area contributed by atoms with Gasteiger partial charge >= 0.3 is 0 Å². The number of amides is 1. The van der Waals surface area contributed by atoms with E-state index in [2.05, 4.69) is 0 Å². The van der Waals surface area contributed by atoms with Crippen LogP contribution < -0.4 is 9.64 Å². The Morgan fingerprint density at radius 1 is 1.04 bits per heavy atom. The number of ketones is 1. The van der Waals surface area contributed by atoms with Gasteiger partial charge in [-0.15, -0.1) is 0 Å². The largest absolute Gasteiger partial charge is 0.492 e. The predicted octanol–water partition coefficient (Wildman–Crippen LogP) is 3.57. The third-order valence-corrected chi connectivity index (χ3v) is 4.23. The van der Waals surface area contributed by atoms with Gasteiger partial charge in [-0.05, 0) is 55.3 Å². The number of halogens is 1. The molecule has 1 aliphatic heterocycles. The second-order valence-electron chi connectivity index (χ2n) is 5.54. The highest BCUT2D eigenvalue weighted by atomic mass is 35.5. The van der Waals surface area contributed by atoms with Gasteiger partial charge in [-0.2, -0.15) is 0 Å². The maximum atomic E-state index is 12.1. The highest BCUT2D eigenvalue weighted by Crippen LogP contribution is 2.31. The lowest BCUT2D eigenvalue weighted by Gasteiger charge is -2.17. The van der Waals surface area contributed by atoms with E-state index in [-0.39, 0.29) is 0 Å². The second-order valence-corrected chi connectivity index (χ2v) is 5.98. The van der Waals surface area contributed by atoms with E-state index in [1.165, 1.54) is 16.5 Å². The Bertz CT molecular complexity index is 801. The molecule has 23 heavy (non-hydrogen) atoms. The lowest BCUT2D eigenvalue weighted by Crippen LogP contribution is -2.33. The van der Waals surface area contributed by atoms with Gasteiger partial charge in [0.25, 0.3) is 11.7 Å². The minimum Gasteiger partial charge on any atom is -0.492 e. The van der Waals surface area contributed by atoms with Gasteiger partial charge < -0.3 is 9.64 Å². The quantitative estimate of drug-likeness (QED) is 0.806. The number of benzene rings is 2. The maximum Gasteiger partial charge on any atom is 0.299 e. The average molecular weight is 330 g/mol. The number of fused-ring (bicyclic) bond motifs is 1. The van der Waals surface area contributed by atoms with Crippen molar-refractivity contribution in [2.45, 2.75) is 13.8 Å².